The van der Waals surface area contributed by atoms with E-state index in [0.29, 0.717) is 11.3 Å². The highest BCUT2D eigenvalue weighted by atomic mass is 19.1. The van der Waals surface area contributed by atoms with Gasteiger partial charge in [-0.25, -0.2) is 4.39 Å². The number of amides is 1. The number of hydrogen-bond acceptors (Lipinski definition) is 3. The van der Waals surface area contributed by atoms with E-state index in [-0.39, 0.29) is 24.2 Å². The molecule has 100 valence electrons. The third kappa shape index (κ3) is 3.20. The largest absolute Gasteiger partial charge is 0.451 e. The van der Waals surface area contributed by atoms with E-state index in [1.165, 1.54) is 18.2 Å². The van der Waals surface area contributed by atoms with Crippen molar-refractivity contribution >= 4 is 5.91 Å². The molecule has 1 atom stereocenters. The molecule has 0 fully saturated rings. The summed E-state index contributed by atoms with van der Waals surface area (Å²) in [6.07, 6.45) is 0. The summed E-state index contributed by atoms with van der Waals surface area (Å²) in [6.45, 7) is 1.53. The third-order valence-electron chi connectivity index (χ3n) is 2.59. The number of carbonyl (C=O) groups excluding carboxylic acids is 1. The monoisotopic (exact) mass is 263 g/mol. The Labute approximate surface area is 109 Å². The van der Waals surface area contributed by atoms with E-state index in [0.717, 1.165) is 0 Å². The lowest BCUT2D eigenvalue weighted by Gasteiger charge is -2.08. The standard InChI is InChI=1S/C14H14FNO3/c1-9(8-17)16-14(18)13-6-5-12(19-13)10-3-2-4-11(15)7-10/h2-7,9,17H,8H2,1H3,(H,16,18). The van der Waals surface area contributed by atoms with Gasteiger partial charge in [-0.05, 0) is 31.2 Å². The minimum absolute atomic E-state index is 0.125. The zero-order valence-electron chi connectivity index (χ0n) is 10.4. The number of aliphatic hydroxyl groups is 1. The second-order valence-corrected chi connectivity index (χ2v) is 4.23. The summed E-state index contributed by atoms with van der Waals surface area (Å²) in [5, 5.41) is 11.4. The van der Waals surface area contributed by atoms with Crippen LogP contribution in [0.3, 0.4) is 0 Å². The molecule has 2 N–H and O–H groups in total. The van der Waals surface area contributed by atoms with Crippen LogP contribution in [-0.2, 0) is 0 Å². The SMILES string of the molecule is CC(CO)NC(=O)c1ccc(-c2cccc(F)c2)o1. The number of hydrogen-bond donors (Lipinski definition) is 2. The first-order chi connectivity index (χ1) is 9.10. The number of furan rings is 1. The van der Waals surface area contributed by atoms with Crippen LogP contribution < -0.4 is 5.32 Å². The van der Waals surface area contributed by atoms with Crippen LogP contribution in [0.5, 0.6) is 0 Å². The fourth-order valence-electron chi connectivity index (χ4n) is 1.60. The lowest BCUT2D eigenvalue weighted by Crippen LogP contribution is -2.34. The van der Waals surface area contributed by atoms with Crippen LogP contribution in [0.1, 0.15) is 17.5 Å². The highest BCUT2D eigenvalue weighted by Gasteiger charge is 2.14. The number of halogens is 1. The molecule has 0 saturated heterocycles. The highest BCUT2D eigenvalue weighted by Crippen LogP contribution is 2.22. The molecule has 0 aliphatic carbocycles. The maximum absolute atomic E-state index is 13.1. The molecule has 2 aromatic rings. The summed E-state index contributed by atoms with van der Waals surface area (Å²) >= 11 is 0. The summed E-state index contributed by atoms with van der Waals surface area (Å²) in [5.74, 6) is -0.237. The number of aliphatic hydroxyl groups excluding tert-OH is 1. The van der Waals surface area contributed by atoms with E-state index in [1.54, 1.807) is 25.1 Å². The third-order valence-corrected chi connectivity index (χ3v) is 2.59. The fourth-order valence-corrected chi connectivity index (χ4v) is 1.60. The maximum Gasteiger partial charge on any atom is 0.287 e. The van der Waals surface area contributed by atoms with Crippen molar-refractivity contribution in [3.05, 3.63) is 48.0 Å². The van der Waals surface area contributed by atoms with E-state index in [4.69, 9.17) is 9.52 Å². The molecule has 0 radical (unpaired) electrons. The van der Waals surface area contributed by atoms with E-state index in [1.807, 2.05) is 0 Å². The van der Waals surface area contributed by atoms with Crippen molar-refractivity contribution in [1.29, 1.82) is 0 Å². The van der Waals surface area contributed by atoms with Crippen LogP contribution in [0.4, 0.5) is 4.39 Å². The number of carbonyl (C=O) groups is 1. The molecular weight excluding hydrogens is 249 g/mol. The Bertz CT molecular complexity index is 580. The van der Waals surface area contributed by atoms with Gasteiger partial charge >= 0.3 is 0 Å². The Morgan fingerprint density at radius 1 is 1.42 bits per heavy atom. The average molecular weight is 263 g/mol. The van der Waals surface area contributed by atoms with Gasteiger partial charge in [0.2, 0.25) is 0 Å². The lowest BCUT2D eigenvalue weighted by molar-refractivity contribution is 0.0895. The van der Waals surface area contributed by atoms with Crippen LogP contribution in [0, 0.1) is 5.82 Å². The molecule has 0 aliphatic heterocycles. The molecule has 1 amide bonds. The molecule has 2 rings (SSSR count). The summed E-state index contributed by atoms with van der Waals surface area (Å²) in [4.78, 5) is 11.7. The first-order valence-corrected chi connectivity index (χ1v) is 5.87. The van der Waals surface area contributed by atoms with Gasteiger partial charge in [0.25, 0.3) is 5.91 Å². The van der Waals surface area contributed by atoms with E-state index < -0.39 is 5.91 Å². The Kier molecular flexibility index (Phi) is 3.97. The van der Waals surface area contributed by atoms with Crippen molar-refractivity contribution in [3.8, 4) is 11.3 Å². The first kappa shape index (κ1) is 13.3. The Hall–Kier alpha value is -2.14. The second-order valence-electron chi connectivity index (χ2n) is 4.23. The first-order valence-electron chi connectivity index (χ1n) is 5.87. The molecule has 19 heavy (non-hydrogen) atoms. The molecule has 0 bridgehead atoms. The van der Waals surface area contributed by atoms with E-state index in [9.17, 15) is 9.18 Å². The molecule has 0 saturated carbocycles. The highest BCUT2D eigenvalue weighted by molar-refractivity contribution is 5.92. The number of rotatable bonds is 4. The predicted molar refractivity (Wildman–Crippen MR) is 68.1 cm³/mol. The van der Waals surface area contributed by atoms with Gasteiger partial charge < -0.3 is 14.8 Å². The summed E-state index contributed by atoms with van der Waals surface area (Å²) in [7, 11) is 0. The smallest absolute Gasteiger partial charge is 0.287 e. The van der Waals surface area contributed by atoms with Gasteiger partial charge in [0.1, 0.15) is 11.6 Å². The van der Waals surface area contributed by atoms with Crippen molar-refractivity contribution < 1.29 is 18.7 Å². The second kappa shape index (κ2) is 5.67. The van der Waals surface area contributed by atoms with Crippen molar-refractivity contribution in [2.24, 2.45) is 0 Å². The molecule has 0 spiro atoms. The molecule has 1 heterocycles. The van der Waals surface area contributed by atoms with Crippen LogP contribution in [0.15, 0.2) is 40.8 Å². The van der Waals surface area contributed by atoms with Crippen molar-refractivity contribution in [1.82, 2.24) is 5.32 Å². The predicted octanol–water partition coefficient (Wildman–Crippen LogP) is 2.20. The molecule has 1 aromatic carbocycles. The van der Waals surface area contributed by atoms with Gasteiger partial charge in [0.15, 0.2) is 5.76 Å². The van der Waals surface area contributed by atoms with Crippen molar-refractivity contribution in [3.63, 3.8) is 0 Å². The van der Waals surface area contributed by atoms with Crippen LogP contribution in [0.2, 0.25) is 0 Å². The van der Waals surface area contributed by atoms with Crippen LogP contribution in [-0.4, -0.2) is 23.7 Å². The van der Waals surface area contributed by atoms with Gasteiger partial charge in [-0.3, -0.25) is 4.79 Å². The maximum atomic E-state index is 13.1. The minimum atomic E-state index is -0.413. The quantitative estimate of drug-likeness (QED) is 0.888. The molecule has 4 nitrogen and oxygen atoms in total. The van der Waals surface area contributed by atoms with Crippen molar-refractivity contribution in [2.75, 3.05) is 6.61 Å². The van der Waals surface area contributed by atoms with E-state index in [2.05, 4.69) is 5.32 Å². The lowest BCUT2D eigenvalue weighted by atomic mass is 10.2. The zero-order chi connectivity index (χ0) is 13.8. The van der Waals surface area contributed by atoms with E-state index >= 15 is 0 Å². The van der Waals surface area contributed by atoms with Gasteiger partial charge in [-0.2, -0.15) is 0 Å². The Morgan fingerprint density at radius 3 is 2.89 bits per heavy atom. The van der Waals surface area contributed by atoms with Gasteiger partial charge in [-0.15, -0.1) is 0 Å². The van der Waals surface area contributed by atoms with Crippen LogP contribution in [0.25, 0.3) is 11.3 Å². The minimum Gasteiger partial charge on any atom is -0.451 e. The zero-order valence-corrected chi connectivity index (χ0v) is 10.4. The van der Waals surface area contributed by atoms with Crippen LogP contribution >= 0.6 is 0 Å². The molecule has 1 aromatic heterocycles. The average Bonchev–Trinajstić information content (AvgIpc) is 2.88. The topological polar surface area (TPSA) is 62.5 Å². The number of benzene rings is 1. The Balaban J connectivity index is 2.17. The summed E-state index contributed by atoms with van der Waals surface area (Å²) in [6, 6.07) is 8.70. The summed E-state index contributed by atoms with van der Waals surface area (Å²) in [5.41, 5.74) is 0.564. The molecular formula is C14H14FNO3. The number of nitrogens with one attached hydrogen (secondary N) is 1. The molecule has 5 heteroatoms. The normalized spacial score (nSPS) is 12.2. The fraction of sp³-hybridized carbons (Fsp3) is 0.214. The Morgan fingerprint density at radius 2 is 2.21 bits per heavy atom. The van der Waals surface area contributed by atoms with Gasteiger partial charge in [-0.1, -0.05) is 12.1 Å². The van der Waals surface area contributed by atoms with Gasteiger partial charge in [0, 0.05) is 11.6 Å². The molecule has 1 unspecified atom stereocenters. The molecule has 0 aliphatic rings. The summed E-state index contributed by atoms with van der Waals surface area (Å²) < 4.78 is 18.5. The van der Waals surface area contributed by atoms with Gasteiger partial charge in [0.05, 0.1) is 6.61 Å². The van der Waals surface area contributed by atoms with Crippen molar-refractivity contribution in [2.45, 2.75) is 13.0 Å².